The van der Waals surface area contributed by atoms with E-state index in [1.165, 1.54) is 11.3 Å². The van der Waals surface area contributed by atoms with Gasteiger partial charge in [-0.05, 0) is 48.9 Å². The highest BCUT2D eigenvalue weighted by atomic mass is 32.1. The molecule has 1 saturated heterocycles. The van der Waals surface area contributed by atoms with Gasteiger partial charge in [0.05, 0.1) is 23.7 Å². The lowest BCUT2D eigenvalue weighted by molar-refractivity contribution is 0.0739. The number of amides is 1. The molecule has 4 nitrogen and oxygen atoms in total. The molecule has 1 atom stereocenters. The zero-order valence-electron chi connectivity index (χ0n) is 14.8. The van der Waals surface area contributed by atoms with Crippen LogP contribution in [0, 0.1) is 6.92 Å². The molecule has 0 spiro atoms. The Labute approximate surface area is 161 Å². The lowest BCUT2D eigenvalue weighted by Gasteiger charge is -2.25. The minimum absolute atomic E-state index is 0.0909. The van der Waals surface area contributed by atoms with Gasteiger partial charge in [-0.3, -0.25) is 4.79 Å². The van der Waals surface area contributed by atoms with Crippen LogP contribution in [0.25, 0.3) is 9.88 Å². The Kier molecular flexibility index (Phi) is 4.78. The van der Waals surface area contributed by atoms with Crippen LogP contribution >= 0.6 is 22.7 Å². The lowest BCUT2D eigenvalue weighted by atomic mass is 10.0. The summed E-state index contributed by atoms with van der Waals surface area (Å²) < 4.78 is 5.35. The summed E-state index contributed by atoms with van der Waals surface area (Å²) in [6.45, 7) is 2.71. The first-order valence-corrected chi connectivity index (χ1v) is 10.3. The Morgan fingerprint density at radius 1 is 1.31 bits per heavy atom. The number of carbonyl (C=O) groups excluding carboxylic acids is 1. The summed E-state index contributed by atoms with van der Waals surface area (Å²) in [4.78, 5) is 21.7. The van der Waals surface area contributed by atoms with E-state index in [0.717, 1.165) is 51.2 Å². The van der Waals surface area contributed by atoms with Gasteiger partial charge >= 0.3 is 0 Å². The van der Waals surface area contributed by atoms with Crippen molar-refractivity contribution in [3.63, 3.8) is 0 Å². The largest absolute Gasteiger partial charge is 0.497 e. The van der Waals surface area contributed by atoms with Gasteiger partial charge in [-0.15, -0.1) is 22.7 Å². The van der Waals surface area contributed by atoms with Crippen LogP contribution in [0.3, 0.4) is 0 Å². The maximum Gasteiger partial charge on any atom is 0.266 e. The average Bonchev–Trinajstić information content (AvgIpc) is 3.41. The van der Waals surface area contributed by atoms with Crippen molar-refractivity contribution in [2.75, 3.05) is 13.7 Å². The quantitative estimate of drug-likeness (QED) is 0.623. The second-order valence-electron chi connectivity index (χ2n) is 6.34. The minimum Gasteiger partial charge on any atom is -0.497 e. The van der Waals surface area contributed by atoms with Crippen LogP contribution in [0.4, 0.5) is 0 Å². The number of nitrogens with zero attached hydrogens (tertiary/aromatic N) is 2. The second-order valence-corrected chi connectivity index (χ2v) is 8.29. The third-order valence-corrected chi connectivity index (χ3v) is 6.90. The van der Waals surface area contributed by atoms with Crippen molar-refractivity contribution in [3.05, 3.63) is 57.9 Å². The molecule has 134 valence electrons. The Morgan fingerprint density at radius 2 is 2.19 bits per heavy atom. The van der Waals surface area contributed by atoms with Gasteiger partial charge in [-0.2, -0.15) is 0 Å². The summed E-state index contributed by atoms with van der Waals surface area (Å²) in [5.74, 6) is 0.920. The Morgan fingerprint density at radius 3 is 2.96 bits per heavy atom. The van der Waals surface area contributed by atoms with E-state index in [1.807, 2.05) is 47.5 Å². The third kappa shape index (κ3) is 3.15. The van der Waals surface area contributed by atoms with Crippen LogP contribution in [-0.4, -0.2) is 29.4 Å². The monoisotopic (exact) mass is 384 g/mol. The Bertz CT molecular complexity index is 918. The van der Waals surface area contributed by atoms with Gasteiger partial charge in [0.2, 0.25) is 0 Å². The number of carbonyl (C=O) groups is 1. The van der Waals surface area contributed by atoms with Gasteiger partial charge < -0.3 is 9.64 Å². The number of thiophene rings is 1. The third-order valence-electron chi connectivity index (χ3n) is 4.72. The molecule has 0 aliphatic carbocycles. The highest BCUT2D eigenvalue weighted by Gasteiger charge is 2.32. The number of hydrogen-bond donors (Lipinski definition) is 0. The van der Waals surface area contributed by atoms with E-state index < -0.39 is 0 Å². The number of ether oxygens (including phenoxy) is 1. The van der Waals surface area contributed by atoms with Crippen LogP contribution in [0.2, 0.25) is 0 Å². The summed E-state index contributed by atoms with van der Waals surface area (Å²) in [5, 5.41) is 2.96. The van der Waals surface area contributed by atoms with Gasteiger partial charge in [0.25, 0.3) is 5.91 Å². The number of aromatic nitrogens is 1. The Hall–Kier alpha value is -2.18. The lowest BCUT2D eigenvalue weighted by Crippen LogP contribution is -2.30. The zero-order valence-corrected chi connectivity index (χ0v) is 16.4. The fourth-order valence-electron chi connectivity index (χ4n) is 3.44. The van der Waals surface area contributed by atoms with Crippen molar-refractivity contribution in [1.29, 1.82) is 0 Å². The molecule has 0 bridgehead atoms. The number of aryl methyl sites for hydroxylation is 1. The molecule has 3 heterocycles. The molecule has 0 radical (unpaired) electrons. The molecule has 1 aromatic carbocycles. The molecule has 1 aliphatic rings. The number of methoxy groups -OCH3 is 1. The summed E-state index contributed by atoms with van der Waals surface area (Å²) in [6.07, 6.45) is 2.00. The van der Waals surface area contributed by atoms with Crippen LogP contribution in [0.1, 0.15) is 39.8 Å². The highest BCUT2D eigenvalue weighted by molar-refractivity contribution is 7.22. The first kappa shape index (κ1) is 17.2. The van der Waals surface area contributed by atoms with Crippen LogP contribution in [0.15, 0.2) is 41.8 Å². The van der Waals surface area contributed by atoms with Crippen molar-refractivity contribution in [2.24, 2.45) is 0 Å². The smallest absolute Gasteiger partial charge is 0.266 e. The van der Waals surface area contributed by atoms with E-state index in [-0.39, 0.29) is 11.9 Å². The summed E-state index contributed by atoms with van der Waals surface area (Å²) in [6, 6.07) is 12.2. The topological polar surface area (TPSA) is 42.4 Å². The van der Waals surface area contributed by atoms with Crippen LogP contribution in [0.5, 0.6) is 5.75 Å². The van der Waals surface area contributed by atoms with Crippen LogP contribution < -0.4 is 4.74 Å². The molecule has 1 fully saturated rings. The zero-order chi connectivity index (χ0) is 18.1. The number of benzene rings is 1. The predicted molar refractivity (Wildman–Crippen MR) is 106 cm³/mol. The van der Waals surface area contributed by atoms with Gasteiger partial charge in [-0.1, -0.05) is 18.2 Å². The van der Waals surface area contributed by atoms with Crippen molar-refractivity contribution >= 4 is 28.6 Å². The van der Waals surface area contributed by atoms with Crippen molar-refractivity contribution < 1.29 is 9.53 Å². The van der Waals surface area contributed by atoms with Crippen molar-refractivity contribution in [3.8, 4) is 15.6 Å². The first-order valence-electron chi connectivity index (χ1n) is 8.63. The molecule has 1 aliphatic heterocycles. The molecule has 1 unspecified atom stereocenters. The molecular weight excluding hydrogens is 364 g/mol. The fourth-order valence-corrected chi connectivity index (χ4v) is 5.26. The standard InChI is InChI=1S/C20H20N2O2S2/c1-13-18(26-19(21-13)17-9-5-11-25-17)20(23)22-10-4-8-16(22)14-6-3-7-15(12-14)24-2/h3,5-7,9,11-12,16H,4,8,10H2,1-2H3. The molecular formula is C20H20N2O2S2. The van der Waals surface area contributed by atoms with E-state index in [2.05, 4.69) is 11.1 Å². The Balaban J connectivity index is 1.63. The molecule has 0 saturated carbocycles. The molecule has 0 N–H and O–H groups in total. The number of hydrogen-bond acceptors (Lipinski definition) is 5. The van der Waals surface area contributed by atoms with Crippen molar-refractivity contribution in [1.82, 2.24) is 9.88 Å². The number of likely N-dealkylation sites (tertiary alicyclic amines) is 1. The summed E-state index contributed by atoms with van der Waals surface area (Å²) in [7, 11) is 1.67. The van der Waals surface area contributed by atoms with E-state index >= 15 is 0 Å². The maximum absolute atomic E-state index is 13.3. The van der Waals surface area contributed by atoms with Gasteiger partial charge in [0.1, 0.15) is 15.6 Å². The van der Waals surface area contributed by atoms with E-state index in [0.29, 0.717) is 0 Å². The molecule has 4 rings (SSSR count). The molecule has 26 heavy (non-hydrogen) atoms. The van der Waals surface area contributed by atoms with E-state index in [4.69, 9.17) is 4.74 Å². The molecule has 1 amide bonds. The van der Waals surface area contributed by atoms with Crippen LogP contribution in [-0.2, 0) is 0 Å². The average molecular weight is 385 g/mol. The molecule has 6 heteroatoms. The SMILES string of the molecule is COc1cccc(C2CCCN2C(=O)c2sc(-c3cccs3)nc2C)c1. The fraction of sp³-hybridized carbons (Fsp3) is 0.300. The van der Waals surface area contributed by atoms with E-state index in [9.17, 15) is 4.79 Å². The second kappa shape index (κ2) is 7.21. The maximum atomic E-state index is 13.3. The minimum atomic E-state index is 0.0909. The highest BCUT2D eigenvalue weighted by Crippen LogP contribution is 2.37. The first-order chi connectivity index (χ1) is 12.7. The van der Waals surface area contributed by atoms with Gasteiger partial charge in [0, 0.05) is 6.54 Å². The molecule has 2 aromatic heterocycles. The number of thiazole rings is 1. The van der Waals surface area contributed by atoms with E-state index in [1.54, 1.807) is 18.4 Å². The predicted octanol–water partition coefficient (Wildman–Crippen LogP) is 5.17. The normalized spacial score (nSPS) is 16.8. The molecule has 3 aromatic rings. The van der Waals surface area contributed by atoms with Gasteiger partial charge in [0.15, 0.2) is 0 Å². The van der Waals surface area contributed by atoms with Crippen molar-refractivity contribution in [2.45, 2.75) is 25.8 Å². The summed E-state index contributed by atoms with van der Waals surface area (Å²) >= 11 is 3.15. The number of rotatable bonds is 4. The van der Waals surface area contributed by atoms with Gasteiger partial charge in [-0.25, -0.2) is 4.98 Å². The summed E-state index contributed by atoms with van der Waals surface area (Å²) in [5.41, 5.74) is 1.95.